The van der Waals surface area contributed by atoms with Gasteiger partial charge in [-0.3, -0.25) is 4.79 Å². The molecule has 1 N–H and O–H groups in total. The molecule has 0 radical (unpaired) electrons. The Labute approximate surface area is 185 Å². The molecule has 0 fully saturated rings. The number of aryl methyl sites for hydroxylation is 1. The first-order valence-electron chi connectivity index (χ1n) is 9.81. The average Bonchev–Trinajstić information content (AvgIpc) is 3.20. The Balaban J connectivity index is 1.88. The summed E-state index contributed by atoms with van der Waals surface area (Å²) in [6.45, 7) is 2.15. The van der Waals surface area contributed by atoms with Gasteiger partial charge in [0.2, 0.25) is 0 Å². The van der Waals surface area contributed by atoms with Crippen molar-refractivity contribution in [1.29, 1.82) is 0 Å². The van der Waals surface area contributed by atoms with Gasteiger partial charge in [0.1, 0.15) is 6.10 Å². The van der Waals surface area contributed by atoms with E-state index in [1.54, 1.807) is 24.3 Å². The third-order valence-electron chi connectivity index (χ3n) is 5.27. The first kappa shape index (κ1) is 22.8. The van der Waals surface area contributed by atoms with Gasteiger partial charge in [-0.2, -0.15) is 0 Å². The van der Waals surface area contributed by atoms with Gasteiger partial charge in [-0.15, -0.1) is 0 Å². The lowest BCUT2D eigenvalue weighted by Gasteiger charge is -2.31. The first-order valence-corrected chi connectivity index (χ1v) is 10.2. The summed E-state index contributed by atoms with van der Waals surface area (Å²) in [5.74, 6) is -1.60. The fourth-order valence-corrected chi connectivity index (χ4v) is 3.57. The van der Waals surface area contributed by atoms with Crippen molar-refractivity contribution in [3.8, 4) is 0 Å². The van der Waals surface area contributed by atoms with Gasteiger partial charge >= 0.3 is 11.9 Å². The van der Waals surface area contributed by atoms with Crippen LogP contribution in [0.15, 0.2) is 53.7 Å². The second kappa shape index (κ2) is 9.94. The lowest BCUT2D eigenvalue weighted by molar-refractivity contribution is -0.187. The van der Waals surface area contributed by atoms with Crippen molar-refractivity contribution in [2.45, 2.75) is 44.5 Å². The lowest BCUT2D eigenvalue weighted by atomic mass is 9.85. The number of hydrogen-bond donors (Lipinski definition) is 1. The van der Waals surface area contributed by atoms with Gasteiger partial charge in [0.15, 0.2) is 0 Å². The molecule has 1 aliphatic rings. The van der Waals surface area contributed by atoms with E-state index in [2.05, 4.69) is 9.89 Å². The van der Waals surface area contributed by atoms with Crippen LogP contribution in [-0.2, 0) is 30.5 Å². The summed E-state index contributed by atoms with van der Waals surface area (Å²) in [6, 6.07) is 14.5. The summed E-state index contributed by atoms with van der Waals surface area (Å²) in [5, 5.41) is 14.6. The quantitative estimate of drug-likeness (QED) is 0.572. The molecule has 0 saturated heterocycles. The number of aliphatic carboxylic acids is 1. The van der Waals surface area contributed by atoms with Crippen molar-refractivity contribution in [1.82, 2.24) is 0 Å². The fourth-order valence-electron chi connectivity index (χ4n) is 3.45. The van der Waals surface area contributed by atoms with E-state index in [-0.39, 0.29) is 25.9 Å². The minimum Gasteiger partial charge on any atom is -0.478 e. The van der Waals surface area contributed by atoms with Crippen LogP contribution in [0.4, 0.5) is 0 Å². The van der Waals surface area contributed by atoms with Crippen LogP contribution in [-0.4, -0.2) is 35.5 Å². The molecule has 0 spiro atoms. The molecule has 1 heterocycles. The highest BCUT2D eigenvalue weighted by atomic mass is 35.5. The normalized spacial score (nSPS) is 18.7. The number of ether oxygens (including phenoxy) is 2. The molecule has 2 unspecified atom stereocenters. The van der Waals surface area contributed by atoms with E-state index in [9.17, 15) is 14.7 Å². The number of carboxylic acid groups (broad SMARTS) is 1. The summed E-state index contributed by atoms with van der Waals surface area (Å²) in [6.07, 6.45) is -0.640. The van der Waals surface area contributed by atoms with Crippen LogP contribution in [0.25, 0.3) is 0 Å². The topological polar surface area (TPSA) is 94.4 Å². The number of carboxylic acids is 1. The predicted molar refractivity (Wildman–Crippen MR) is 115 cm³/mol. The molecule has 0 amide bonds. The summed E-state index contributed by atoms with van der Waals surface area (Å²) < 4.78 is 10.8. The zero-order valence-corrected chi connectivity index (χ0v) is 18.1. The Morgan fingerprint density at radius 3 is 2.58 bits per heavy atom. The molecule has 2 atom stereocenters. The molecule has 7 nitrogen and oxygen atoms in total. The Morgan fingerprint density at radius 2 is 1.94 bits per heavy atom. The van der Waals surface area contributed by atoms with Gasteiger partial charge in [0.05, 0.1) is 25.8 Å². The summed E-state index contributed by atoms with van der Waals surface area (Å²) in [5.41, 5.74) is 1.27. The molecule has 1 aliphatic heterocycles. The van der Waals surface area contributed by atoms with Crippen molar-refractivity contribution in [2.75, 3.05) is 7.11 Å². The van der Waals surface area contributed by atoms with E-state index in [1.807, 2.05) is 31.2 Å². The van der Waals surface area contributed by atoms with Gasteiger partial charge in [0.25, 0.3) is 5.60 Å². The summed E-state index contributed by atoms with van der Waals surface area (Å²) >= 11 is 6.02. The molecule has 0 aromatic heterocycles. The van der Waals surface area contributed by atoms with Gasteiger partial charge in [-0.05, 0) is 42.2 Å². The molecule has 0 saturated carbocycles. The number of esters is 1. The zero-order chi connectivity index (χ0) is 22.4. The van der Waals surface area contributed by atoms with Crippen molar-refractivity contribution in [2.24, 2.45) is 5.16 Å². The highest BCUT2D eigenvalue weighted by Crippen LogP contribution is 2.41. The number of halogens is 1. The lowest BCUT2D eigenvalue weighted by Crippen LogP contribution is -2.46. The predicted octanol–water partition coefficient (Wildman–Crippen LogP) is 4.46. The highest BCUT2D eigenvalue weighted by molar-refractivity contribution is 6.30. The number of methoxy groups -OCH3 is 1. The van der Waals surface area contributed by atoms with Crippen LogP contribution < -0.4 is 0 Å². The van der Waals surface area contributed by atoms with Crippen LogP contribution in [0.1, 0.15) is 42.1 Å². The van der Waals surface area contributed by atoms with E-state index in [0.717, 1.165) is 11.1 Å². The van der Waals surface area contributed by atoms with Crippen molar-refractivity contribution < 1.29 is 29.0 Å². The molecule has 0 aliphatic carbocycles. The second-order valence-corrected chi connectivity index (χ2v) is 7.80. The fraction of sp³-hybridized carbons (Fsp3) is 0.348. The Hall–Kier alpha value is -2.90. The van der Waals surface area contributed by atoms with E-state index in [0.29, 0.717) is 16.3 Å². The molecular formula is C23H24ClNO6. The highest BCUT2D eigenvalue weighted by Gasteiger charge is 2.54. The van der Waals surface area contributed by atoms with Crippen LogP contribution >= 0.6 is 11.6 Å². The van der Waals surface area contributed by atoms with Crippen molar-refractivity contribution >= 4 is 29.3 Å². The van der Waals surface area contributed by atoms with E-state index in [4.69, 9.17) is 21.2 Å². The summed E-state index contributed by atoms with van der Waals surface area (Å²) in [4.78, 5) is 29.4. The minimum atomic E-state index is -1.76. The van der Waals surface area contributed by atoms with Gasteiger partial charge in [0, 0.05) is 11.4 Å². The molecule has 8 heteroatoms. The molecule has 2 aromatic carbocycles. The molecule has 0 bridgehead atoms. The van der Waals surface area contributed by atoms with Crippen LogP contribution in [0.5, 0.6) is 0 Å². The number of oxime groups is 1. The van der Waals surface area contributed by atoms with Crippen molar-refractivity contribution in [3.05, 3.63) is 70.2 Å². The van der Waals surface area contributed by atoms with Gasteiger partial charge in [-0.1, -0.05) is 53.2 Å². The Bertz CT molecular complexity index is 974. The molecule has 164 valence electrons. The minimum absolute atomic E-state index is 0.0135. The number of nitrogens with zero attached hydrogens (tertiary/aromatic N) is 1. The van der Waals surface area contributed by atoms with E-state index in [1.165, 1.54) is 7.11 Å². The van der Waals surface area contributed by atoms with Crippen LogP contribution in [0.3, 0.4) is 0 Å². The van der Waals surface area contributed by atoms with Crippen LogP contribution in [0, 0.1) is 6.92 Å². The monoisotopic (exact) mass is 445 g/mol. The van der Waals surface area contributed by atoms with Crippen molar-refractivity contribution in [3.63, 3.8) is 0 Å². The maximum absolute atomic E-state index is 12.4. The van der Waals surface area contributed by atoms with E-state index >= 15 is 0 Å². The Morgan fingerprint density at radius 1 is 1.23 bits per heavy atom. The number of carbonyl (C=O) groups excluding carboxylic acids is 1. The standard InChI is InChI=1S/C23H24ClNO6/c1-15-5-3-4-6-17(15)14-30-21(16-7-9-18(24)10-8-16)23(22(27)28)13-19(25-31-23)11-12-20(26)29-2/h3-10,21H,11-14H2,1-2H3,(H,27,28). The largest absolute Gasteiger partial charge is 0.478 e. The molecular weight excluding hydrogens is 422 g/mol. The number of hydrogen-bond acceptors (Lipinski definition) is 6. The Kier molecular flexibility index (Phi) is 7.30. The van der Waals surface area contributed by atoms with Gasteiger partial charge in [-0.25, -0.2) is 4.79 Å². The average molecular weight is 446 g/mol. The number of carbonyl (C=O) groups is 2. The van der Waals surface area contributed by atoms with Crippen LogP contribution in [0.2, 0.25) is 5.02 Å². The summed E-state index contributed by atoms with van der Waals surface area (Å²) in [7, 11) is 1.30. The maximum atomic E-state index is 12.4. The zero-order valence-electron chi connectivity index (χ0n) is 17.3. The molecule has 3 rings (SSSR count). The second-order valence-electron chi connectivity index (χ2n) is 7.37. The van der Waals surface area contributed by atoms with Gasteiger partial charge < -0.3 is 19.4 Å². The number of rotatable bonds is 9. The molecule has 2 aromatic rings. The molecule has 31 heavy (non-hydrogen) atoms. The number of benzene rings is 2. The third-order valence-corrected chi connectivity index (χ3v) is 5.53. The van der Waals surface area contributed by atoms with E-state index < -0.39 is 23.6 Å². The third kappa shape index (κ3) is 5.24. The first-order chi connectivity index (χ1) is 14.9. The SMILES string of the molecule is COC(=O)CCC1=NOC(C(=O)O)(C(OCc2ccccc2C)c2ccc(Cl)cc2)C1. The smallest absolute Gasteiger partial charge is 0.354 e. The maximum Gasteiger partial charge on any atom is 0.354 e.